The van der Waals surface area contributed by atoms with Gasteiger partial charge in [-0.15, -0.1) is 0 Å². The number of hydrogen-bond acceptors (Lipinski definition) is 3. The topological polar surface area (TPSA) is 35.5 Å². The molecule has 0 aromatic heterocycles. The Morgan fingerprint density at radius 2 is 1.67 bits per heavy atom. The molecule has 0 radical (unpaired) electrons. The summed E-state index contributed by atoms with van der Waals surface area (Å²) < 4.78 is 12.6. The molecule has 1 fully saturated rings. The Balaban J connectivity index is 2.37. The number of benzene rings is 1. The second-order valence-electron chi connectivity index (χ2n) is 10.2. The number of ether oxygens (including phenoxy) is 1. The average Bonchev–Trinajstić information content (AvgIpc) is 3.06. The van der Waals surface area contributed by atoms with E-state index in [-0.39, 0.29) is 11.0 Å². The molecule has 1 aliphatic rings. The van der Waals surface area contributed by atoms with Crippen molar-refractivity contribution >= 4 is 27.5 Å². The lowest BCUT2D eigenvalue weighted by atomic mass is 10.2. The Labute approximate surface area is 167 Å². The van der Waals surface area contributed by atoms with Gasteiger partial charge in [-0.1, -0.05) is 81.2 Å². The van der Waals surface area contributed by atoms with E-state index >= 15 is 0 Å². The minimum atomic E-state index is -2.02. The smallest absolute Gasteiger partial charge is 0.303 e. The Hall–Kier alpha value is -1.18. The third-order valence-electron chi connectivity index (χ3n) is 6.27. The fourth-order valence-electron chi connectivity index (χ4n) is 3.23. The monoisotopic (exact) mass is 404 g/mol. The summed E-state index contributed by atoms with van der Waals surface area (Å²) in [5.41, 5.74) is 1.26. The Morgan fingerprint density at radius 1 is 1.11 bits per heavy atom. The van der Waals surface area contributed by atoms with Gasteiger partial charge in [-0.05, 0) is 25.1 Å². The summed E-state index contributed by atoms with van der Waals surface area (Å²) in [5.74, 6) is -0.244. The van der Waals surface area contributed by atoms with Crippen molar-refractivity contribution < 1.29 is 14.0 Å². The molecule has 150 valence electrons. The Kier molecular flexibility index (Phi) is 5.74. The van der Waals surface area contributed by atoms with Gasteiger partial charge in [0.2, 0.25) is 0 Å². The normalized spacial score (nSPS) is 26.3. The first kappa shape index (κ1) is 22.1. The SMILES string of the molecule is CC(=O)O[C@]1(C)C[C@@]1(/C=C/[Si](C)(C)c1ccccc1)O[Si](C)(C)C(C)(C)C. The van der Waals surface area contributed by atoms with Gasteiger partial charge in [-0.3, -0.25) is 4.79 Å². The van der Waals surface area contributed by atoms with Crippen molar-refractivity contribution in [1.82, 2.24) is 0 Å². The maximum Gasteiger partial charge on any atom is 0.303 e. The van der Waals surface area contributed by atoms with Crippen LogP contribution in [0, 0.1) is 0 Å². The molecule has 2 atom stereocenters. The number of rotatable bonds is 6. The summed E-state index contributed by atoms with van der Waals surface area (Å²) in [5, 5.41) is 1.48. The molecule has 27 heavy (non-hydrogen) atoms. The van der Waals surface area contributed by atoms with Crippen LogP contribution < -0.4 is 5.19 Å². The average molecular weight is 405 g/mol. The van der Waals surface area contributed by atoms with E-state index in [0.717, 1.165) is 6.42 Å². The van der Waals surface area contributed by atoms with Gasteiger partial charge in [0.25, 0.3) is 0 Å². The predicted octanol–water partition coefficient (Wildman–Crippen LogP) is 5.18. The van der Waals surface area contributed by atoms with E-state index < -0.39 is 27.6 Å². The van der Waals surface area contributed by atoms with Crippen LogP contribution >= 0.6 is 0 Å². The van der Waals surface area contributed by atoms with Gasteiger partial charge in [0, 0.05) is 13.3 Å². The molecular weight excluding hydrogens is 368 g/mol. The molecule has 3 nitrogen and oxygen atoms in total. The maximum absolute atomic E-state index is 11.7. The molecule has 1 saturated carbocycles. The quantitative estimate of drug-likeness (QED) is 0.484. The zero-order valence-corrected chi connectivity index (χ0v) is 20.5. The van der Waals surface area contributed by atoms with Crippen LogP contribution in [0.1, 0.15) is 41.0 Å². The summed E-state index contributed by atoms with van der Waals surface area (Å²) in [6, 6.07) is 10.7. The molecular formula is C22H36O3Si2. The number of hydrogen-bond donors (Lipinski definition) is 0. The second-order valence-corrected chi connectivity index (χ2v) is 19.3. The molecule has 0 spiro atoms. The molecule has 1 aliphatic carbocycles. The number of esters is 1. The van der Waals surface area contributed by atoms with Gasteiger partial charge in [0.1, 0.15) is 19.3 Å². The highest BCUT2D eigenvalue weighted by atomic mass is 28.4. The van der Waals surface area contributed by atoms with Crippen LogP contribution in [-0.4, -0.2) is 33.6 Å². The van der Waals surface area contributed by atoms with Crippen molar-refractivity contribution in [3.8, 4) is 0 Å². The van der Waals surface area contributed by atoms with E-state index in [0.29, 0.717) is 0 Å². The maximum atomic E-state index is 11.7. The summed E-state index contributed by atoms with van der Waals surface area (Å²) in [6.45, 7) is 19.4. The van der Waals surface area contributed by atoms with E-state index in [4.69, 9.17) is 9.16 Å². The van der Waals surface area contributed by atoms with Crippen LogP contribution in [0.5, 0.6) is 0 Å². The third-order valence-corrected chi connectivity index (χ3v) is 13.6. The molecule has 0 saturated heterocycles. The standard InChI is InChI=1S/C22H36O3Si2/c1-18(23)24-21(5)17-22(21,25-27(8,9)20(2,3)4)15-16-26(6,7)19-13-11-10-12-14-19/h10-16H,17H2,1-9H3/b16-15+/t21-,22-/m1/s1. The van der Waals surface area contributed by atoms with Crippen LogP contribution in [0.2, 0.25) is 31.2 Å². The molecule has 0 bridgehead atoms. The first-order chi connectivity index (χ1) is 12.1. The first-order valence-corrected chi connectivity index (χ1v) is 15.8. The first-order valence-electron chi connectivity index (χ1n) is 9.80. The zero-order chi connectivity index (χ0) is 20.7. The zero-order valence-electron chi connectivity index (χ0n) is 18.5. The van der Waals surface area contributed by atoms with E-state index in [9.17, 15) is 4.79 Å². The van der Waals surface area contributed by atoms with Crippen molar-refractivity contribution in [3.05, 3.63) is 42.1 Å². The van der Waals surface area contributed by atoms with Crippen LogP contribution in [0.25, 0.3) is 0 Å². The molecule has 0 heterocycles. The van der Waals surface area contributed by atoms with E-state index in [1.165, 1.54) is 12.1 Å². The van der Waals surface area contributed by atoms with Crippen LogP contribution in [0.15, 0.2) is 42.1 Å². The van der Waals surface area contributed by atoms with Gasteiger partial charge in [0.05, 0.1) is 0 Å². The van der Waals surface area contributed by atoms with Crippen molar-refractivity contribution in [2.24, 2.45) is 0 Å². The lowest BCUT2D eigenvalue weighted by Crippen LogP contribution is -2.47. The lowest BCUT2D eigenvalue weighted by molar-refractivity contribution is -0.150. The minimum absolute atomic E-state index is 0.0972. The third kappa shape index (κ3) is 4.63. The van der Waals surface area contributed by atoms with Crippen molar-refractivity contribution in [3.63, 3.8) is 0 Å². The molecule has 2 rings (SSSR count). The van der Waals surface area contributed by atoms with Gasteiger partial charge in [-0.25, -0.2) is 0 Å². The predicted molar refractivity (Wildman–Crippen MR) is 118 cm³/mol. The van der Waals surface area contributed by atoms with Gasteiger partial charge >= 0.3 is 5.97 Å². The summed E-state index contributed by atoms with van der Waals surface area (Å²) >= 11 is 0. The van der Waals surface area contributed by atoms with Crippen molar-refractivity contribution in [1.29, 1.82) is 0 Å². The van der Waals surface area contributed by atoms with E-state index in [2.05, 4.69) is 89.1 Å². The Morgan fingerprint density at radius 3 is 2.15 bits per heavy atom. The molecule has 0 amide bonds. The number of carbonyl (C=O) groups excluding carboxylic acids is 1. The van der Waals surface area contributed by atoms with Crippen molar-refractivity contribution in [2.45, 2.75) is 83.5 Å². The fraction of sp³-hybridized carbons (Fsp3) is 0.591. The van der Waals surface area contributed by atoms with E-state index in [1.54, 1.807) is 0 Å². The van der Waals surface area contributed by atoms with Gasteiger partial charge in [-0.2, -0.15) is 0 Å². The van der Waals surface area contributed by atoms with Crippen LogP contribution in [0.3, 0.4) is 0 Å². The highest BCUT2D eigenvalue weighted by molar-refractivity contribution is 6.94. The summed E-state index contributed by atoms with van der Waals surface area (Å²) in [6.07, 6.45) is 2.94. The minimum Gasteiger partial charge on any atom is -0.456 e. The molecule has 1 aromatic carbocycles. The van der Waals surface area contributed by atoms with Crippen LogP contribution in [0.4, 0.5) is 0 Å². The summed E-state index contributed by atoms with van der Waals surface area (Å²) in [7, 11) is -3.78. The highest BCUT2D eigenvalue weighted by Crippen LogP contribution is 2.58. The van der Waals surface area contributed by atoms with Crippen molar-refractivity contribution in [2.75, 3.05) is 0 Å². The molecule has 5 heteroatoms. The van der Waals surface area contributed by atoms with Crippen LogP contribution in [-0.2, 0) is 14.0 Å². The summed E-state index contributed by atoms with van der Waals surface area (Å²) in [4.78, 5) is 11.7. The largest absolute Gasteiger partial charge is 0.456 e. The van der Waals surface area contributed by atoms with Gasteiger partial charge < -0.3 is 9.16 Å². The highest BCUT2D eigenvalue weighted by Gasteiger charge is 2.69. The number of carbonyl (C=O) groups is 1. The fourth-order valence-corrected chi connectivity index (χ4v) is 6.73. The molecule has 1 aromatic rings. The van der Waals surface area contributed by atoms with E-state index in [1.807, 2.05) is 6.92 Å². The molecule has 0 unspecified atom stereocenters. The van der Waals surface area contributed by atoms with Gasteiger partial charge in [0.15, 0.2) is 8.32 Å². The lowest BCUT2D eigenvalue weighted by Gasteiger charge is -2.40. The second kappa shape index (κ2) is 7.01. The molecule has 0 N–H and O–H groups in total. The molecule has 0 aliphatic heterocycles. The Bertz CT molecular complexity index is 719.